The zero-order valence-electron chi connectivity index (χ0n) is 9.85. The molecule has 0 aliphatic rings. The first kappa shape index (κ1) is 12.1. The van der Waals surface area contributed by atoms with Gasteiger partial charge in [-0.1, -0.05) is 18.1 Å². The number of hydrogen-bond acceptors (Lipinski definition) is 3. The smallest absolute Gasteiger partial charge is 0.217 e. The molecule has 0 saturated carbocycles. The van der Waals surface area contributed by atoms with Gasteiger partial charge in [-0.2, -0.15) is 0 Å². The van der Waals surface area contributed by atoms with Crippen LogP contribution in [0.3, 0.4) is 0 Å². The molecule has 0 fully saturated rings. The first-order valence-electron chi connectivity index (χ1n) is 5.40. The molecule has 0 aliphatic carbocycles. The Morgan fingerprint density at radius 1 is 1.28 bits per heavy atom. The van der Waals surface area contributed by atoms with E-state index < -0.39 is 0 Å². The molecule has 0 N–H and O–H groups in total. The monoisotopic (exact) mass is 242 g/mol. The van der Waals surface area contributed by atoms with Crippen molar-refractivity contribution in [3.05, 3.63) is 42.5 Å². The third-order valence-corrected chi connectivity index (χ3v) is 2.23. The van der Waals surface area contributed by atoms with Gasteiger partial charge >= 0.3 is 0 Å². The molecule has 18 heavy (non-hydrogen) atoms. The van der Waals surface area contributed by atoms with Gasteiger partial charge < -0.3 is 4.74 Å². The van der Waals surface area contributed by atoms with E-state index in [2.05, 4.69) is 21.8 Å². The van der Waals surface area contributed by atoms with E-state index in [0.29, 0.717) is 17.1 Å². The topological polar surface area (TPSA) is 35.0 Å². The molecule has 0 radical (unpaired) electrons. The van der Waals surface area contributed by atoms with E-state index >= 15 is 0 Å². The van der Waals surface area contributed by atoms with Crippen LogP contribution in [-0.4, -0.2) is 16.6 Å². The van der Waals surface area contributed by atoms with Gasteiger partial charge in [0, 0.05) is 11.6 Å². The first-order valence-corrected chi connectivity index (χ1v) is 5.40. The van der Waals surface area contributed by atoms with E-state index in [0.717, 1.165) is 0 Å². The number of aromatic nitrogens is 2. The summed E-state index contributed by atoms with van der Waals surface area (Å²) < 4.78 is 18.4. The van der Waals surface area contributed by atoms with Crippen molar-refractivity contribution in [2.75, 3.05) is 6.61 Å². The molecule has 0 atom stereocenters. The Hall–Kier alpha value is -2.41. The number of nitrogens with zero attached hydrogens (tertiary/aromatic N) is 2. The summed E-state index contributed by atoms with van der Waals surface area (Å²) in [6, 6.07) is 7.87. The third kappa shape index (κ3) is 3.05. The lowest BCUT2D eigenvalue weighted by Gasteiger charge is -2.04. The lowest BCUT2D eigenvalue weighted by Crippen LogP contribution is -1.97. The largest absolute Gasteiger partial charge is 0.464 e. The molecule has 2 rings (SSSR count). The summed E-state index contributed by atoms with van der Waals surface area (Å²) in [5, 5.41) is 0. The second kappa shape index (κ2) is 5.78. The van der Waals surface area contributed by atoms with Gasteiger partial charge in [0.15, 0.2) is 6.61 Å². The van der Waals surface area contributed by atoms with Crippen molar-refractivity contribution in [2.24, 2.45) is 0 Å². The summed E-state index contributed by atoms with van der Waals surface area (Å²) in [7, 11) is 0. The normalized spacial score (nSPS) is 9.44. The molecule has 0 saturated heterocycles. The molecule has 0 aliphatic heterocycles. The van der Waals surface area contributed by atoms with Gasteiger partial charge in [-0.05, 0) is 19.1 Å². The minimum atomic E-state index is -0.301. The maximum absolute atomic E-state index is 13.1. The molecule has 1 aromatic carbocycles. The number of rotatable bonds is 3. The van der Waals surface area contributed by atoms with E-state index in [1.807, 2.05) is 0 Å². The van der Waals surface area contributed by atoms with Gasteiger partial charge in [-0.3, -0.25) is 0 Å². The molecule has 0 unspecified atom stereocenters. The Balaban J connectivity index is 2.23. The Kier molecular flexibility index (Phi) is 3.87. The van der Waals surface area contributed by atoms with Crippen molar-refractivity contribution in [3.8, 4) is 29.0 Å². The standard InChI is InChI=1S/C14H11FN2O/c1-2-3-7-18-14-9-13(16-10-17-14)11-5-4-6-12(15)8-11/h4-6,8-10H,7H2,1H3. The van der Waals surface area contributed by atoms with E-state index in [1.165, 1.54) is 18.5 Å². The van der Waals surface area contributed by atoms with Crippen LogP contribution in [-0.2, 0) is 0 Å². The number of hydrogen-bond donors (Lipinski definition) is 0. The van der Waals surface area contributed by atoms with Gasteiger partial charge in [0.05, 0.1) is 5.69 Å². The van der Waals surface area contributed by atoms with Crippen molar-refractivity contribution < 1.29 is 9.13 Å². The Labute approximate surface area is 105 Å². The van der Waals surface area contributed by atoms with Crippen LogP contribution in [0, 0.1) is 17.7 Å². The summed E-state index contributed by atoms with van der Waals surface area (Å²) in [6.45, 7) is 2.01. The van der Waals surface area contributed by atoms with E-state index in [9.17, 15) is 4.39 Å². The lowest BCUT2D eigenvalue weighted by molar-refractivity contribution is 0.355. The van der Waals surface area contributed by atoms with Crippen LogP contribution in [0.15, 0.2) is 36.7 Å². The zero-order valence-corrected chi connectivity index (χ0v) is 9.85. The van der Waals surface area contributed by atoms with Gasteiger partial charge in [0.1, 0.15) is 12.1 Å². The van der Waals surface area contributed by atoms with Crippen molar-refractivity contribution in [1.29, 1.82) is 0 Å². The first-order chi connectivity index (χ1) is 8.79. The average molecular weight is 242 g/mol. The fraction of sp³-hybridized carbons (Fsp3) is 0.143. The fourth-order valence-electron chi connectivity index (χ4n) is 1.41. The van der Waals surface area contributed by atoms with Crippen LogP contribution in [0.4, 0.5) is 4.39 Å². The molecular weight excluding hydrogens is 231 g/mol. The van der Waals surface area contributed by atoms with Crippen molar-refractivity contribution in [1.82, 2.24) is 9.97 Å². The van der Waals surface area contributed by atoms with Gasteiger partial charge in [-0.15, -0.1) is 5.92 Å². The molecule has 0 bridgehead atoms. The average Bonchev–Trinajstić information content (AvgIpc) is 2.39. The maximum atomic E-state index is 13.1. The molecule has 90 valence electrons. The molecule has 2 aromatic rings. The molecule has 1 heterocycles. The second-order valence-corrected chi connectivity index (χ2v) is 3.47. The highest BCUT2D eigenvalue weighted by Crippen LogP contribution is 2.20. The van der Waals surface area contributed by atoms with Crippen LogP contribution >= 0.6 is 0 Å². The van der Waals surface area contributed by atoms with Crippen molar-refractivity contribution in [3.63, 3.8) is 0 Å². The predicted molar refractivity (Wildman–Crippen MR) is 66.4 cm³/mol. The molecule has 3 nitrogen and oxygen atoms in total. The molecule has 0 amide bonds. The Morgan fingerprint density at radius 3 is 2.94 bits per heavy atom. The summed E-state index contributed by atoms with van der Waals surface area (Å²) in [5.74, 6) is 5.62. The van der Waals surface area contributed by atoms with Crippen LogP contribution < -0.4 is 4.74 Å². The summed E-state index contributed by atoms with van der Waals surface area (Å²) in [5.41, 5.74) is 1.30. The highest BCUT2D eigenvalue weighted by Gasteiger charge is 2.03. The molecule has 1 aromatic heterocycles. The van der Waals surface area contributed by atoms with Gasteiger partial charge in [0.25, 0.3) is 0 Å². The van der Waals surface area contributed by atoms with Gasteiger partial charge in [-0.25, -0.2) is 14.4 Å². The summed E-state index contributed by atoms with van der Waals surface area (Å²) >= 11 is 0. The predicted octanol–water partition coefficient (Wildman–Crippen LogP) is 2.68. The Bertz CT molecular complexity index is 602. The van der Waals surface area contributed by atoms with Crippen LogP contribution in [0.25, 0.3) is 11.3 Å². The maximum Gasteiger partial charge on any atom is 0.217 e. The fourth-order valence-corrected chi connectivity index (χ4v) is 1.41. The van der Waals surface area contributed by atoms with Crippen molar-refractivity contribution in [2.45, 2.75) is 6.92 Å². The quantitative estimate of drug-likeness (QED) is 0.776. The van der Waals surface area contributed by atoms with E-state index in [-0.39, 0.29) is 12.4 Å². The van der Waals surface area contributed by atoms with E-state index in [1.54, 1.807) is 25.1 Å². The lowest BCUT2D eigenvalue weighted by atomic mass is 10.1. The van der Waals surface area contributed by atoms with E-state index in [4.69, 9.17) is 4.74 Å². The molecule has 0 spiro atoms. The zero-order chi connectivity index (χ0) is 12.8. The van der Waals surface area contributed by atoms with Crippen molar-refractivity contribution >= 4 is 0 Å². The van der Waals surface area contributed by atoms with Crippen LogP contribution in [0.2, 0.25) is 0 Å². The minimum Gasteiger partial charge on any atom is -0.464 e. The van der Waals surface area contributed by atoms with Crippen LogP contribution in [0.5, 0.6) is 5.88 Å². The summed E-state index contributed by atoms with van der Waals surface area (Å²) in [6.07, 6.45) is 1.38. The van der Waals surface area contributed by atoms with Crippen LogP contribution in [0.1, 0.15) is 6.92 Å². The molecule has 4 heteroatoms. The van der Waals surface area contributed by atoms with Gasteiger partial charge in [0.2, 0.25) is 5.88 Å². The SMILES string of the molecule is CC#CCOc1cc(-c2cccc(F)c2)ncn1. The highest BCUT2D eigenvalue weighted by atomic mass is 19.1. The molecular formula is C14H11FN2O. The minimum absolute atomic E-state index is 0.274. The number of ether oxygens (including phenoxy) is 1. The Morgan fingerprint density at radius 2 is 2.17 bits per heavy atom. The number of benzene rings is 1. The summed E-state index contributed by atoms with van der Waals surface area (Å²) in [4.78, 5) is 8.05. The highest BCUT2D eigenvalue weighted by molar-refractivity contribution is 5.59. The second-order valence-electron chi connectivity index (χ2n) is 3.47. The third-order valence-electron chi connectivity index (χ3n) is 2.23. The number of halogens is 1.